The van der Waals surface area contributed by atoms with Gasteiger partial charge in [-0.1, -0.05) is 53.5 Å². The van der Waals surface area contributed by atoms with Gasteiger partial charge in [-0.25, -0.2) is 0 Å². The van der Waals surface area contributed by atoms with Gasteiger partial charge in [-0.15, -0.1) is 0 Å². The summed E-state index contributed by atoms with van der Waals surface area (Å²) in [6.07, 6.45) is 3.58. The van der Waals surface area contributed by atoms with Crippen LogP contribution in [-0.2, 0) is 29.1 Å². The van der Waals surface area contributed by atoms with Crippen molar-refractivity contribution in [3.63, 3.8) is 0 Å². The van der Waals surface area contributed by atoms with Crippen molar-refractivity contribution in [2.75, 3.05) is 6.54 Å². The Morgan fingerprint density at radius 1 is 1.04 bits per heavy atom. The summed E-state index contributed by atoms with van der Waals surface area (Å²) in [4.78, 5) is 25.8. The number of carbonyl (C=O) groups is 2. The van der Waals surface area contributed by atoms with E-state index in [0.29, 0.717) is 36.0 Å². The van der Waals surface area contributed by atoms with Crippen LogP contribution >= 0.6 is 23.2 Å². The van der Waals surface area contributed by atoms with Crippen molar-refractivity contribution in [1.29, 1.82) is 0 Å². The van der Waals surface area contributed by atoms with E-state index in [4.69, 9.17) is 23.2 Å². The molecule has 0 aromatic heterocycles. The lowest BCUT2D eigenvalue weighted by atomic mass is 10.1. The number of likely N-dealkylation sites (tertiary alicyclic amines) is 1. The van der Waals surface area contributed by atoms with E-state index < -0.39 is 0 Å². The van der Waals surface area contributed by atoms with E-state index in [-0.39, 0.29) is 11.8 Å². The summed E-state index contributed by atoms with van der Waals surface area (Å²) in [5.74, 6) is 0.251. The molecule has 4 nitrogen and oxygen atoms in total. The highest BCUT2D eigenvalue weighted by atomic mass is 35.5. The minimum absolute atomic E-state index is 0.0279. The number of amides is 2. The minimum Gasteiger partial charge on any atom is -0.352 e. The third kappa shape index (κ3) is 5.98. The Balaban J connectivity index is 1.42. The van der Waals surface area contributed by atoms with Crippen LogP contribution in [0.2, 0.25) is 10.0 Å². The predicted molar refractivity (Wildman–Crippen MR) is 112 cm³/mol. The molecule has 28 heavy (non-hydrogen) atoms. The predicted octanol–water partition coefficient (Wildman–Crippen LogP) is 4.75. The number of nitrogens with zero attached hydrogens (tertiary/aromatic N) is 1. The summed E-state index contributed by atoms with van der Waals surface area (Å²) >= 11 is 11.9. The zero-order chi connectivity index (χ0) is 19.9. The Hall–Kier alpha value is -2.04. The summed E-state index contributed by atoms with van der Waals surface area (Å²) in [6.45, 7) is 1.97. The number of halogens is 2. The van der Waals surface area contributed by atoms with Crippen LogP contribution in [0.5, 0.6) is 0 Å². The molecule has 0 atom stereocenters. The first-order valence-corrected chi connectivity index (χ1v) is 10.3. The number of nitrogens with one attached hydrogen (secondary N) is 1. The molecule has 148 valence electrons. The highest BCUT2D eigenvalue weighted by Gasteiger charge is 2.19. The lowest BCUT2D eigenvalue weighted by Gasteiger charge is -2.16. The van der Waals surface area contributed by atoms with Gasteiger partial charge in [0.25, 0.3) is 0 Å². The molecule has 0 spiro atoms. The number of carbonyl (C=O) groups excluding carboxylic acids is 2. The van der Waals surface area contributed by atoms with E-state index in [1.807, 2.05) is 35.2 Å². The Morgan fingerprint density at radius 2 is 1.86 bits per heavy atom. The molecule has 6 heteroatoms. The van der Waals surface area contributed by atoms with Crippen LogP contribution in [0.1, 0.15) is 42.4 Å². The van der Waals surface area contributed by atoms with Crippen molar-refractivity contribution >= 4 is 35.0 Å². The monoisotopic (exact) mass is 418 g/mol. The average molecular weight is 419 g/mol. The van der Waals surface area contributed by atoms with Gasteiger partial charge in [0.05, 0.1) is 10.0 Å². The fourth-order valence-electron chi connectivity index (χ4n) is 3.37. The highest BCUT2D eigenvalue weighted by Crippen LogP contribution is 2.23. The van der Waals surface area contributed by atoms with Crippen LogP contribution in [0.15, 0.2) is 42.5 Å². The van der Waals surface area contributed by atoms with E-state index >= 15 is 0 Å². The van der Waals surface area contributed by atoms with Gasteiger partial charge in [0.1, 0.15) is 0 Å². The number of benzene rings is 2. The molecular weight excluding hydrogens is 395 g/mol. The zero-order valence-corrected chi connectivity index (χ0v) is 17.2. The molecule has 0 radical (unpaired) electrons. The fourth-order valence-corrected chi connectivity index (χ4v) is 3.69. The lowest BCUT2D eigenvalue weighted by molar-refractivity contribution is -0.128. The van der Waals surface area contributed by atoms with E-state index in [1.165, 1.54) is 0 Å². The van der Waals surface area contributed by atoms with Gasteiger partial charge in [0.15, 0.2) is 0 Å². The Kier molecular flexibility index (Phi) is 7.35. The van der Waals surface area contributed by atoms with Gasteiger partial charge in [-0.05, 0) is 48.1 Å². The second-order valence-electron chi connectivity index (χ2n) is 7.12. The molecular formula is C22H24Cl2N2O2. The molecule has 0 unspecified atom stereocenters. The van der Waals surface area contributed by atoms with Crippen molar-refractivity contribution in [2.45, 2.75) is 45.2 Å². The standard InChI is InChI=1S/C22H24Cl2N2O2/c23-19-10-9-16(13-20(19)24)4-2-7-21(27)25-14-17-5-1-6-18(12-17)15-26-11-3-8-22(26)28/h1,5-6,9-10,12-13H,2-4,7-8,11,14-15H2,(H,25,27). The first-order valence-electron chi connectivity index (χ1n) is 9.57. The maximum atomic E-state index is 12.1. The number of hydrogen-bond acceptors (Lipinski definition) is 2. The molecule has 1 fully saturated rings. The fraction of sp³-hybridized carbons (Fsp3) is 0.364. The summed E-state index contributed by atoms with van der Waals surface area (Å²) in [7, 11) is 0. The number of hydrogen-bond donors (Lipinski definition) is 1. The van der Waals surface area contributed by atoms with Crippen LogP contribution < -0.4 is 5.32 Å². The maximum Gasteiger partial charge on any atom is 0.222 e. The molecule has 1 heterocycles. The van der Waals surface area contributed by atoms with Crippen molar-refractivity contribution < 1.29 is 9.59 Å². The number of rotatable bonds is 8. The van der Waals surface area contributed by atoms with Gasteiger partial charge in [0, 0.05) is 32.5 Å². The van der Waals surface area contributed by atoms with E-state index in [9.17, 15) is 9.59 Å². The summed E-state index contributed by atoms with van der Waals surface area (Å²) in [5.41, 5.74) is 3.22. The molecule has 1 aliphatic rings. The highest BCUT2D eigenvalue weighted by molar-refractivity contribution is 6.42. The first-order chi connectivity index (χ1) is 13.5. The topological polar surface area (TPSA) is 49.4 Å². The molecule has 2 amide bonds. The molecule has 3 rings (SSSR count). The normalized spacial score (nSPS) is 13.8. The first kappa shape index (κ1) is 20.7. The maximum absolute atomic E-state index is 12.1. The quantitative estimate of drug-likeness (QED) is 0.671. The summed E-state index contributed by atoms with van der Waals surface area (Å²) in [6, 6.07) is 13.6. The molecule has 1 saturated heterocycles. The van der Waals surface area contributed by atoms with Crippen molar-refractivity contribution in [2.24, 2.45) is 0 Å². The number of aryl methyl sites for hydroxylation is 1. The Morgan fingerprint density at radius 3 is 2.61 bits per heavy atom. The van der Waals surface area contributed by atoms with Crippen molar-refractivity contribution in [3.8, 4) is 0 Å². The van der Waals surface area contributed by atoms with E-state index in [1.54, 1.807) is 6.07 Å². The van der Waals surface area contributed by atoms with E-state index in [2.05, 4.69) is 11.4 Å². The van der Waals surface area contributed by atoms with Gasteiger partial charge in [-0.2, -0.15) is 0 Å². The van der Waals surface area contributed by atoms with Gasteiger partial charge < -0.3 is 10.2 Å². The molecule has 0 bridgehead atoms. The second kappa shape index (κ2) is 9.94. The van der Waals surface area contributed by atoms with Crippen molar-refractivity contribution in [1.82, 2.24) is 10.2 Å². The molecule has 2 aromatic carbocycles. The molecule has 1 N–H and O–H groups in total. The summed E-state index contributed by atoms with van der Waals surface area (Å²) in [5, 5.41) is 4.05. The van der Waals surface area contributed by atoms with Gasteiger partial charge in [-0.3, -0.25) is 9.59 Å². The van der Waals surface area contributed by atoms with Gasteiger partial charge in [0.2, 0.25) is 11.8 Å². The third-order valence-corrected chi connectivity index (χ3v) is 5.62. The van der Waals surface area contributed by atoms with Crippen LogP contribution in [0.3, 0.4) is 0 Å². The average Bonchev–Trinajstić information content (AvgIpc) is 3.08. The lowest BCUT2D eigenvalue weighted by Crippen LogP contribution is -2.24. The Labute approximate surface area is 175 Å². The van der Waals surface area contributed by atoms with E-state index in [0.717, 1.165) is 42.5 Å². The summed E-state index contributed by atoms with van der Waals surface area (Å²) < 4.78 is 0. The molecule has 0 saturated carbocycles. The van der Waals surface area contributed by atoms with Crippen LogP contribution in [0.25, 0.3) is 0 Å². The Bertz CT molecular complexity index is 854. The largest absolute Gasteiger partial charge is 0.352 e. The molecule has 2 aromatic rings. The molecule has 0 aliphatic carbocycles. The smallest absolute Gasteiger partial charge is 0.222 e. The second-order valence-corrected chi connectivity index (χ2v) is 7.93. The SMILES string of the molecule is O=C(CCCc1ccc(Cl)c(Cl)c1)NCc1cccc(CN2CCCC2=O)c1. The zero-order valence-electron chi connectivity index (χ0n) is 15.7. The third-order valence-electron chi connectivity index (χ3n) is 4.88. The minimum atomic E-state index is 0.0279. The van der Waals surface area contributed by atoms with Crippen LogP contribution in [0.4, 0.5) is 0 Å². The van der Waals surface area contributed by atoms with Crippen LogP contribution in [-0.4, -0.2) is 23.3 Å². The van der Waals surface area contributed by atoms with Crippen molar-refractivity contribution in [3.05, 3.63) is 69.2 Å². The molecule has 1 aliphatic heterocycles. The van der Waals surface area contributed by atoms with Gasteiger partial charge >= 0.3 is 0 Å². The van der Waals surface area contributed by atoms with Crippen LogP contribution in [0, 0.1) is 0 Å².